The Hall–Kier alpha value is -3.43. The van der Waals surface area contributed by atoms with E-state index in [0.717, 1.165) is 16.7 Å². The largest absolute Gasteiger partial charge is 0.465 e. The minimum atomic E-state index is -0.741. The van der Waals surface area contributed by atoms with E-state index in [4.69, 9.17) is 4.74 Å². The van der Waals surface area contributed by atoms with Crippen molar-refractivity contribution in [3.8, 4) is 0 Å². The molecule has 0 saturated carbocycles. The van der Waals surface area contributed by atoms with Crippen LogP contribution in [0, 0.1) is 0 Å². The van der Waals surface area contributed by atoms with Gasteiger partial charge in [0.25, 0.3) is 0 Å². The van der Waals surface area contributed by atoms with Crippen molar-refractivity contribution in [3.63, 3.8) is 0 Å². The highest BCUT2D eigenvalue weighted by atomic mass is 16.5. The normalized spacial score (nSPS) is 22.1. The zero-order valence-electron chi connectivity index (χ0n) is 18.4. The molecule has 0 amide bonds. The highest BCUT2D eigenvalue weighted by Crippen LogP contribution is 2.60. The van der Waals surface area contributed by atoms with Gasteiger partial charge in [0.05, 0.1) is 18.7 Å². The Kier molecular flexibility index (Phi) is 5.28. The predicted octanol–water partition coefficient (Wildman–Crippen LogP) is 6.31. The average Bonchev–Trinajstić information content (AvgIpc) is 3.46. The van der Waals surface area contributed by atoms with E-state index >= 15 is 0 Å². The molecule has 3 heteroatoms. The van der Waals surface area contributed by atoms with Gasteiger partial charge in [0.1, 0.15) is 5.54 Å². The Morgan fingerprint density at radius 3 is 2.00 bits per heavy atom. The molecular weight excluding hydrogens is 394 g/mol. The molecule has 1 heterocycles. The van der Waals surface area contributed by atoms with Crippen molar-refractivity contribution >= 4 is 16.7 Å². The molecule has 1 fully saturated rings. The average molecular weight is 422 g/mol. The summed E-state index contributed by atoms with van der Waals surface area (Å²) in [5.74, 6) is -0.171. The van der Waals surface area contributed by atoms with Crippen LogP contribution < -0.4 is 0 Å². The zero-order valence-corrected chi connectivity index (χ0v) is 18.4. The van der Waals surface area contributed by atoms with Crippen LogP contribution in [0.5, 0.6) is 0 Å². The summed E-state index contributed by atoms with van der Waals surface area (Å²) in [6, 6.07) is 35.6. The van der Waals surface area contributed by atoms with Gasteiger partial charge in [0.2, 0.25) is 0 Å². The number of nitrogens with zero attached hydrogens (tertiary/aromatic N) is 1. The maximum atomic E-state index is 13.3. The van der Waals surface area contributed by atoms with Gasteiger partial charge < -0.3 is 4.74 Å². The van der Waals surface area contributed by atoms with Crippen molar-refractivity contribution < 1.29 is 9.53 Å². The van der Waals surface area contributed by atoms with E-state index in [1.54, 1.807) is 0 Å². The van der Waals surface area contributed by atoms with Gasteiger partial charge in [0.15, 0.2) is 0 Å². The zero-order chi connectivity index (χ0) is 22.1. The number of esters is 1. The topological polar surface area (TPSA) is 29.3 Å². The molecule has 3 atom stereocenters. The van der Waals surface area contributed by atoms with E-state index in [0.29, 0.717) is 6.61 Å². The first kappa shape index (κ1) is 20.5. The Labute approximate surface area is 189 Å². The summed E-state index contributed by atoms with van der Waals surface area (Å²) in [4.78, 5) is 15.6. The predicted molar refractivity (Wildman–Crippen MR) is 128 cm³/mol. The van der Waals surface area contributed by atoms with E-state index in [1.165, 1.54) is 10.8 Å². The lowest BCUT2D eigenvalue weighted by Gasteiger charge is -2.23. The second-order valence-corrected chi connectivity index (χ2v) is 8.51. The fourth-order valence-corrected chi connectivity index (χ4v) is 4.97. The van der Waals surface area contributed by atoms with Gasteiger partial charge in [0, 0.05) is 0 Å². The first-order chi connectivity index (χ1) is 15.6. The molecule has 4 aromatic carbocycles. The number of carbonyl (C=O) groups is 1. The molecule has 160 valence electrons. The third-order valence-corrected chi connectivity index (χ3v) is 6.57. The van der Waals surface area contributed by atoms with Crippen molar-refractivity contribution in [1.29, 1.82) is 0 Å². The van der Waals surface area contributed by atoms with Crippen molar-refractivity contribution in [2.45, 2.75) is 31.5 Å². The molecule has 5 rings (SSSR count). The first-order valence-electron chi connectivity index (χ1n) is 11.2. The van der Waals surface area contributed by atoms with Crippen LogP contribution in [0.4, 0.5) is 0 Å². The van der Waals surface area contributed by atoms with Crippen LogP contribution in [0.15, 0.2) is 103 Å². The maximum absolute atomic E-state index is 13.3. The van der Waals surface area contributed by atoms with Gasteiger partial charge >= 0.3 is 5.97 Å². The fourth-order valence-electron chi connectivity index (χ4n) is 4.97. The summed E-state index contributed by atoms with van der Waals surface area (Å²) in [5.41, 5.74) is 2.72. The number of rotatable bonds is 6. The first-order valence-corrected chi connectivity index (χ1v) is 11.2. The van der Waals surface area contributed by atoms with Crippen molar-refractivity contribution in [1.82, 2.24) is 4.90 Å². The summed E-state index contributed by atoms with van der Waals surface area (Å²) in [6.07, 6.45) is 0. The lowest BCUT2D eigenvalue weighted by molar-refractivity contribution is -0.147. The number of carbonyl (C=O) groups excluding carboxylic acids is 1. The summed E-state index contributed by atoms with van der Waals surface area (Å²) in [6.45, 7) is 4.25. The number of hydrogen-bond acceptors (Lipinski definition) is 3. The lowest BCUT2D eigenvalue weighted by atomic mass is 9.98. The van der Waals surface area contributed by atoms with E-state index in [-0.39, 0.29) is 18.1 Å². The smallest absolute Gasteiger partial charge is 0.328 e. The Morgan fingerprint density at radius 1 is 0.844 bits per heavy atom. The Balaban J connectivity index is 1.65. The molecule has 3 nitrogen and oxygen atoms in total. The van der Waals surface area contributed by atoms with Crippen LogP contribution in [0.2, 0.25) is 0 Å². The molecule has 0 N–H and O–H groups in total. The van der Waals surface area contributed by atoms with Gasteiger partial charge in [-0.05, 0) is 47.4 Å². The van der Waals surface area contributed by atoms with E-state index in [1.807, 2.05) is 26.0 Å². The second kappa shape index (κ2) is 8.25. The minimum Gasteiger partial charge on any atom is -0.465 e. The molecule has 0 radical (unpaired) electrons. The number of fused-ring (bicyclic) bond motifs is 1. The van der Waals surface area contributed by atoms with E-state index in [9.17, 15) is 4.79 Å². The minimum absolute atomic E-state index is 0.0525. The van der Waals surface area contributed by atoms with Crippen LogP contribution in [-0.2, 0) is 9.53 Å². The lowest BCUT2D eigenvalue weighted by Crippen LogP contribution is -2.30. The summed E-state index contributed by atoms with van der Waals surface area (Å²) >= 11 is 0. The fraction of sp³-hybridized carbons (Fsp3) is 0.207. The van der Waals surface area contributed by atoms with E-state index < -0.39 is 5.54 Å². The van der Waals surface area contributed by atoms with Gasteiger partial charge in [-0.2, -0.15) is 0 Å². The molecule has 0 aromatic heterocycles. The molecule has 32 heavy (non-hydrogen) atoms. The molecule has 1 unspecified atom stereocenters. The molecule has 1 aliphatic rings. The summed E-state index contributed by atoms with van der Waals surface area (Å²) in [5, 5.41) is 2.38. The number of ether oxygens (including phenoxy) is 1. The highest BCUT2D eigenvalue weighted by Gasteiger charge is 2.68. The summed E-state index contributed by atoms with van der Waals surface area (Å²) < 4.78 is 5.58. The van der Waals surface area contributed by atoms with Crippen LogP contribution >= 0.6 is 0 Å². The monoisotopic (exact) mass is 421 g/mol. The van der Waals surface area contributed by atoms with E-state index in [2.05, 4.69) is 95.9 Å². The summed E-state index contributed by atoms with van der Waals surface area (Å²) in [7, 11) is 0. The number of hydrogen-bond donors (Lipinski definition) is 0. The SMILES string of the molecule is CCOC(=O)[C@@]1(C)[C@@H](c2ccc3ccccc3c2)N1C(c1ccccc1)c1ccccc1. The Morgan fingerprint density at radius 2 is 1.41 bits per heavy atom. The van der Waals surface area contributed by atoms with Gasteiger partial charge in [-0.3, -0.25) is 4.90 Å². The van der Waals surface area contributed by atoms with Crippen molar-refractivity contribution in [2.75, 3.05) is 6.61 Å². The van der Waals surface area contributed by atoms with Crippen LogP contribution in [0.1, 0.15) is 42.6 Å². The van der Waals surface area contributed by atoms with Gasteiger partial charge in [-0.15, -0.1) is 0 Å². The molecule has 0 bridgehead atoms. The second-order valence-electron chi connectivity index (χ2n) is 8.51. The molecule has 4 aromatic rings. The van der Waals surface area contributed by atoms with Crippen LogP contribution in [0.3, 0.4) is 0 Å². The van der Waals surface area contributed by atoms with Crippen LogP contribution in [-0.4, -0.2) is 23.0 Å². The van der Waals surface area contributed by atoms with Crippen molar-refractivity contribution in [3.05, 3.63) is 120 Å². The quantitative estimate of drug-likeness (QED) is 0.270. The van der Waals surface area contributed by atoms with Crippen LogP contribution in [0.25, 0.3) is 10.8 Å². The Bertz CT molecular complexity index is 1200. The van der Waals surface area contributed by atoms with Gasteiger partial charge in [-0.1, -0.05) is 97.1 Å². The number of benzene rings is 4. The molecule has 0 spiro atoms. The van der Waals surface area contributed by atoms with Gasteiger partial charge in [-0.25, -0.2) is 4.79 Å². The highest BCUT2D eigenvalue weighted by molar-refractivity contribution is 5.88. The molecular formula is C29H27NO2. The third-order valence-electron chi connectivity index (χ3n) is 6.57. The molecule has 0 aliphatic carbocycles. The van der Waals surface area contributed by atoms with Crippen molar-refractivity contribution in [2.24, 2.45) is 0 Å². The standard InChI is InChI=1S/C29H27NO2/c1-3-32-28(31)29(2)27(25-19-18-21-12-10-11-17-24(21)20-25)30(29)26(22-13-6-4-7-14-22)23-15-8-5-9-16-23/h4-20,26-27H,3H2,1-2H3/t27-,29-,30?/m1/s1. The molecule has 1 aliphatic heterocycles. The maximum Gasteiger partial charge on any atom is 0.328 e. The molecule has 1 saturated heterocycles. The third kappa shape index (κ3) is 3.39.